The van der Waals surface area contributed by atoms with Crippen molar-refractivity contribution in [2.75, 3.05) is 11.9 Å². The van der Waals surface area contributed by atoms with Crippen molar-refractivity contribution in [3.05, 3.63) is 70.3 Å². The van der Waals surface area contributed by atoms with Crippen molar-refractivity contribution in [2.24, 2.45) is 16.8 Å². The first-order chi connectivity index (χ1) is 16.6. The lowest BCUT2D eigenvalue weighted by Crippen LogP contribution is -2.43. The molecule has 0 aliphatic heterocycles. The summed E-state index contributed by atoms with van der Waals surface area (Å²) in [6, 6.07) is 8.13. The third kappa shape index (κ3) is 6.28. The maximum Gasteiger partial charge on any atom is 0.333 e. The van der Waals surface area contributed by atoms with Gasteiger partial charge >= 0.3 is 10.3 Å². The van der Waals surface area contributed by atoms with Crippen molar-refractivity contribution in [1.82, 2.24) is 19.7 Å². The lowest BCUT2D eigenvalue weighted by molar-refractivity contribution is 0.0896. The summed E-state index contributed by atoms with van der Waals surface area (Å²) in [5.74, 6) is -0.731. The third-order valence-electron chi connectivity index (χ3n) is 5.73. The molecule has 1 aliphatic rings. The van der Waals surface area contributed by atoms with E-state index in [1.54, 1.807) is 16.9 Å². The van der Waals surface area contributed by atoms with E-state index in [9.17, 15) is 18.3 Å². The molecule has 1 unspecified atom stereocenters. The lowest BCUT2D eigenvalue weighted by atomic mass is 10.1. The Labute approximate surface area is 210 Å². The number of aliphatic hydroxyl groups excluding tert-OH is 1. The number of nitrogens with one attached hydrogen (secondary N) is 1. The number of rotatable bonds is 9. The molecular formula is C21H24BrN7O5S. The van der Waals surface area contributed by atoms with E-state index in [1.807, 2.05) is 24.3 Å². The van der Waals surface area contributed by atoms with Gasteiger partial charge in [0.15, 0.2) is 0 Å². The molecule has 35 heavy (non-hydrogen) atoms. The lowest BCUT2D eigenvalue weighted by Gasteiger charge is -2.20. The van der Waals surface area contributed by atoms with Crippen LogP contribution >= 0.6 is 15.9 Å². The fraction of sp³-hybridized carbons (Fsp3) is 0.333. The van der Waals surface area contributed by atoms with E-state index < -0.39 is 34.4 Å². The number of carbonyl (C=O) groups excluding carboxylic acids is 1. The first-order valence-electron chi connectivity index (χ1n) is 10.6. The van der Waals surface area contributed by atoms with Crippen molar-refractivity contribution in [1.29, 1.82) is 0 Å². The highest BCUT2D eigenvalue weighted by Crippen LogP contribution is 2.29. The number of aliphatic hydroxyl groups is 1. The largest absolute Gasteiger partial charge is 0.391 e. The van der Waals surface area contributed by atoms with Gasteiger partial charge in [-0.3, -0.25) is 13.7 Å². The minimum absolute atomic E-state index is 0.186. The van der Waals surface area contributed by atoms with Gasteiger partial charge in [0.25, 0.3) is 0 Å². The van der Waals surface area contributed by atoms with Crippen LogP contribution in [-0.2, 0) is 21.0 Å². The van der Waals surface area contributed by atoms with Crippen LogP contribution in [0.1, 0.15) is 28.0 Å². The molecule has 4 atom stereocenters. The van der Waals surface area contributed by atoms with Gasteiger partial charge < -0.3 is 16.2 Å². The molecule has 0 spiro atoms. The van der Waals surface area contributed by atoms with Crippen molar-refractivity contribution >= 4 is 37.8 Å². The van der Waals surface area contributed by atoms with Crippen LogP contribution in [0.5, 0.6) is 0 Å². The molecule has 0 bridgehead atoms. The second kappa shape index (κ2) is 10.5. The van der Waals surface area contributed by atoms with Crippen molar-refractivity contribution in [3.8, 4) is 0 Å². The van der Waals surface area contributed by atoms with Gasteiger partial charge in [0.1, 0.15) is 17.8 Å². The number of nitrogens with two attached hydrogens (primary N) is 2. The number of carbonyl (C=O) groups is 1. The van der Waals surface area contributed by atoms with Crippen molar-refractivity contribution < 1.29 is 22.5 Å². The molecule has 14 heteroatoms. The molecule has 0 amide bonds. The van der Waals surface area contributed by atoms with Gasteiger partial charge in [0.05, 0.1) is 30.9 Å². The van der Waals surface area contributed by atoms with Crippen LogP contribution in [0, 0.1) is 5.92 Å². The molecule has 0 saturated heterocycles. The molecular weight excluding hydrogens is 542 g/mol. The number of anilines is 1. The molecule has 2 heterocycles. The summed E-state index contributed by atoms with van der Waals surface area (Å²) in [5, 5.41) is 22.7. The highest BCUT2D eigenvalue weighted by Gasteiger charge is 2.41. The smallest absolute Gasteiger partial charge is 0.333 e. The molecule has 3 aromatic rings. The van der Waals surface area contributed by atoms with Crippen LogP contribution in [0.3, 0.4) is 0 Å². The molecule has 2 aromatic heterocycles. The molecule has 1 fully saturated rings. The Hall–Kier alpha value is -2.75. The fourth-order valence-corrected chi connectivity index (χ4v) is 4.81. The summed E-state index contributed by atoms with van der Waals surface area (Å²) >= 11 is 3.44. The summed E-state index contributed by atoms with van der Waals surface area (Å²) in [6.07, 6.45) is 3.61. The first-order valence-corrected chi connectivity index (χ1v) is 12.9. The SMILES string of the molecule is N[C@H]1C(Nc2ncncc2C(=O)c2ccn(Cc3cccc(Br)c3)n2)C[C@H](COS(N)(=O)=O)[C@H]1O. The van der Waals surface area contributed by atoms with E-state index in [1.165, 1.54) is 12.5 Å². The average molecular weight is 566 g/mol. The minimum Gasteiger partial charge on any atom is -0.391 e. The zero-order chi connectivity index (χ0) is 25.2. The molecule has 1 aliphatic carbocycles. The highest BCUT2D eigenvalue weighted by molar-refractivity contribution is 9.10. The molecule has 0 radical (unpaired) electrons. The summed E-state index contributed by atoms with van der Waals surface area (Å²) in [6.45, 7) is 0.177. The maximum absolute atomic E-state index is 13.2. The van der Waals surface area contributed by atoms with Crippen LogP contribution in [0.2, 0.25) is 0 Å². The molecule has 1 saturated carbocycles. The summed E-state index contributed by atoms with van der Waals surface area (Å²) in [7, 11) is -4.15. The normalized spacial score (nSPS) is 22.3. The number of hydrogen-bond donors (Lipinski definition) is 4. The second-order valence-electron chi connectivity index (χ2n) is 8.23. The monoisotopic (exact) mass is 565 g/mol. The van der Waals surface area contributed by atoms with Gasteiger partial charge in [-0.2, -0.15) is 13.5 Å². The van der Waals surface area contributed by atoms with Gasteiger partial charge in [-0.25, -0.2) is 15.1 Å². The van der Waals surface area contributed by atoms with Crippen LogP contribution in [0.15, 0.2) is 53.5 Å². The molecule has 6 N–H and O–H groups in total. The van der Waals surface area contributed by atoms with E-state index in [0.29, 0.717) is 6.54 Å². The average Bonchev–Trinajstić information content (AvgIpc) is 3.37. The van der Waals surface area contributed by atoms with Crippen molar-refractivity contribution in [2.45, 2.75) is 31.2 Å². The quantitative estimate of drug-likeness (QED) is 0.264. The molecule has 12 nitrogen and oxygen atoms in total. The van der Waals surface area contributed by atoms with Crippen molar-refractivity contribution in [3.63, 3.8) is 0 Å². The molecule has 186 valence electrons. The maximum atomic E-state index is 13.2. The van der Waals surface area contributed by atoms with Gasteiger partial charge in [0, 0.05) is 28.8 Å². The van der Waals surface area contributed by atoms with E-state index in [0.717, 1.165) is 10.0 Å². The zero-order valence-corrected chi connectivity index (χ0v) is 20.8. The van der Waals surface area contributed by atoms with Gasteiger partial charge in [0.2, 0.25) is 5.78 Å². The number of nitrogens with zero attached hydrogens (tertiary/aromatic N) is 4. The van der Waals surface area contributed by atoms with Gasteiger partial charge in [-0.05, 0) is 30.2 Å². The molecule has 1 aromatic carbocycles. The number of aromatic nitrogens is 4. The van der Waals surface area contributed by atoms with Gasteiger partial charge in [-0.15, -0.1) is 0 Å². The number of halogens is 1. The Morgan fingerprint density at radius 1 is 1.34 bits per heavy atom. The Bertz CT molecular complexity index is 1320. The summed E-state index contributed by atoms with van der Waals surface area (Å²) in [4.78, 5) is 21.3. The topological polar surface area (TPSA) is 188 Å². The van der Waals surface area contributed by atoms with E-state index in [4.69, 9.17) is 10.9 Å². The number of hydrogen-bond acceptors (Lipinski definition) is 10. The fourth-order valence-electron chi connectivity index (χ4n) is 4.00. The van der Waals surface area contributed by atoms with Gasteiger partial charge in [-0.1, -0.05) is 28.1 Å². The van der Waals surface area contributed by atoms with E-state index in [2.05, 4.69) is 40.5 Å². The zero-order valence-electron chi connectivity index (χ0n) is 18.4. The minimum atomic E-state index is -4.15. The Kier molecular flexibility index (Phi) is 7.59. The van der Waals surface area contributed by atoms with E-state index >= 15 is 0 Å². The van der Waals surface area contributed by atoms with E-state index in [-0.39, 0.29) is 35.9 Å². The van der Waals surface area contributed by atoms with Crippen LogP contribution < -0.4 is 16.2 Å². The molecule has 4 rings (SSSR count). The Balaban J connectivity index is 1.47. The third-order valence-corrected chi connectivity index (χ3v) is 6.69. The van der Waals surface area contributed by atoms with Crippen LogP contribution in [0.25, 0.3) is 0 Å². The predicted molar refractivity (Wildman–Crippen MR) is 129 cm³/mol. The second-order valence-corrected chi connectivity index (χ2v) is 10.4. The highest BCUT2D eigenvalue weighted by atomic mass is 79.9. The standard InChI is InChI=1S/C21H24BrN7O5S/c22-14-3-1-2-12(6-14)9-29-5-4-16(28-29)20(31)15-8-25-11-26-21(15)27-17-7-13(19(30)18(17)23)10-34-35(24,32)33/h1-6,8,11,13,17-19,30H,7,9-10,23H2,(H2,24,32,33)(H,25,26,27)/t13-,17?,18+,19-/m1/s1. The van der Waals surface area contributed by atoms with Crippen LogP contribution in [0.4, 0.5) is 5.82 Å². The summed E-state index contributed by atoms with van der Waals surface area (Å²) in [5.41, 5.74) is 7.55. The number of benzene rings is 1. The first kappa shape index (κ1) is 25.3. The summed E-state index contributed by atoms with van der Waals surface area (Å²) < 4.78 is 29.4. The van der Waals surface area contributed by atoms with Crippen LogP contribution in [-0.4, -0.2) is 63.9 Å². The number of ketones is 1. The predicted octanol–water partition coefficient (Wildman–Crippen LogP) is 0.424. The Morgan fingerprint density at radius 3 is 2.89 bits per heavy atom. The Morgan fingerprint density at radius 2 is 2.14 bits per heavy atom.